The molecule has 0 aromatic rings. The monoisotopic (exact) mass is 489 g/mol. The average molecular weight is 490 g/mol. The fraction of sp³-hybridized carbons (Fsp3) is 0.889. The van der Waals surface area contributed by atoms with Gasteiger partial charge in [0.1, 0.15) is 18.5 Å². The maximum absolute atomic E-state index is 12.7. The van der Waals surface area contributed by atoms with Gasteiger partial charge in [0, 0.05) is 69.8 Å². The molecule has 8 heteroatoms. The number of ether oxygens (including phenoxy) is 6. The SMILES string of the molecule is CCN1C[C@]2(C)C=C[C@H](OC)[C@@]34[C@@H]5C[C@H]6[C@H](OC)[C@@H]5[C@@]5(C[C@@H]6OC)OCO[C@]5([C@@H](OC(C)=O)[C@@H]32)[C@@H]14. The van der Waals surface area contributed by atoms with Crippen LogP contribution in [0, 0.1) is 34.5 Å². The van der Waals surface area contributed by atoms with Gasteiger partial charge >= 0.3 is 5.97 Å². The molecule has 0 N–H and O–H groups in total. The van der Waals surface area contributed by atoms with Crippen LogP contribution in [0.1, 0.15) is 33.6 Å². The van der Waals surface area contributed by atoms with Crippen LogP contribution in [0.3, 0.4) is 0 Å². The third-order valence-corrected chi connectivity index (χ3v) is 11.6. The highest BCUT2D eigenvalue weighted by molar-refractivity contribution is 5.67. The molecular weight excluding hydrogens is 450 g/mol. The van der Waals surface area contributed by atoms with E-state index in [1.807, 2.05) is 14.2 Å². The van der Waals surface area contributed by atoms with Crippen LogP contribution < -0.4 is 0 Å². The van der Waals surface area contributed by atoms with Crippen molar-refractivity contribution < 1.29 is 33.2 Å². The molecule has 6 fully saturated rings. The van der Waals surface area contributed by atoms with E-state index in [4.69, 9.17) is 28.4 Å². The van der Waals surface area contributed by atoms with Crippen molar-refractivity contribution in [3.63, 3.8) is 0 Å². The Morgan fingerprint density at radius 2 is 1.97 bits per heavy atom. The van der Waals surface area contributed by atoms with Gasteiger partial charge in [-0.25, -0.2) is 0 Å². The first-order chi connectivity index (χ1) is 16.8. The van der Waals surface area contributed by atoms with Crippen molar-refractivity contribution in [2.24, 2.45) is 34.5 Å². The minimum absolute atomic E-state index is 0.00139. The molecule has 5 aliphatic carbocycles. The number of piperidine rings is 1. The molecule has 7 rings (SSSR count). The summed E-state index contributed by atoms with van der Waals surface area (Å²) in [5, 5.41) is 0. The van der Waals surface area contributed by atoms with E-state index in [-0.39, 0.29) is 65.7 Å². The molecule has 0 radical (unpaired) electrons. The summed E-state index contributed by atoms with van der Waals surface area (Å²) in [7, 11) is 5.45. The topological polar surface area (TPSA) is 75.7 Å². The van der Waals surface area contributed by atoms with Crippen molar-refractivity contribution >= 4 is 5.97 Å². The Morgan fingerprint density at radius 3 is 2.63 bits per heavy atom. The molecule has 3 spiro atoms. The number of hydrogen-bond acceptors (Lipinski definition) is 8. The lowest BCUT2D eigenvalue weighted by atomic mass is 9.44. The standard InChI is InChI=1S/C27H39NO7/c1-7-28-12-24(3)9-8-18(31-5)26-16-10-15-17(30-4)11-25(19(16)20(15)32-6)27(23(26)28,34-13-33-25)22(21(24)26)35-14(2)29/h8-9,15-23H,7,10-13H2,1-6H3/t15-,16-,17+,18+,19-,20+,21-,22+,23+,24+,25-,26+,27-/m1/s1. The van der Waals surface area contributed by atoms with Gasteiger partial charge in [-0.2, -0.15) is 0 Å². The van der Waals surface area contributed by atoms with Crippen LogP contribution in [0.25, 0.3) is 0 Å². The Labute approximate surface area is 207 Å². The van der Waals surface area contributed by atoms with Gasteiger partial charge < -0.3 is 28.4 Å². The van der Waals surface area contributed by atoms with Gasteiger partial charge in [-0.1, -0.05) is 26.0 Å². The Morgan fingerprint density at radius 1 is 1.17 bits per heavy atom. The molecule has 2 aliphatic heterocycles. The number of rotatable bonds is 5. The normalized spacial score (nSPS) is 59.0. The van der Waals surface area contributed by atoms with Crippen LogP contribution in [0.5, 0.6) is 0 Å². The molecule has 8 nitrogen and oxygen atoms in total. The number of fused-ring (bicyclic) bond motifs is 1. The van der Waals surface area contributed by atoms with Crippen molar-refractivity contribution in [2.75, 3.05) is 41.2 Å². The largest absolute Gasteiger partial charge is 0.459 e. The molecule has 0 unspecified atom stereocenters. The Balaban J connectivity index is 1.58. The smallest absolute Gasteiger partial charge is 0.303 e. The highest BCUT2D eigenvalue weighted by atomic mass is 16.7. The van der Waals surface area contributed by atoms with Crippen molar-refractivity contribution in [3.8, 4) is 0 Å². The van der Waals surface area contributed by atoms with Crippen molar-refractivity contribution in [3.05, 3.63) is 12.2 Å². The second kappa shape index (κ2) is 7.08. The molecule has 194 valence electrons. The lowest BCUT2D eigenvalue weighted by Gasteiger charge is -2.68. The molecule has 0 amide bonds. The third-order valence-electron chi connectivity index (χ3n) is 11.6. The summed E-state index contributed by atoms with van der Waals surface area (Å²) in [5.74, 6) is 0.478. The Hall–Kier alpha value is -1.03. The summed E-state index contributed by atoms with van der Waals surface area (Å²) in [4.78, 5) is 15.3. The summed E-state index contributed by atoms with van der Waals surface area (Å²) in [6, 6.07) is 0.00735. The molecule has 2 saturated heterocycles. The van der Waals surface area contributed by atoms with Crippen LogP contribution >= 0.6 is 0 Å². The van der Waals surface area contributed by atoms with Crippen LogP contribution in [-0.4, -0.2) is 93.7 Å². The molecule has 13 atom stereocenters. The fourth-order valence-corrected chi connectivity index (χ4v) is 11.2. The van der Waals surface area contributed by atoms with Crippen molar-refractivity contribution in [2.45, 2.75) is 75.3 Å². The summed E-state index contributed by atoms with van der Waals surface area (Å²) >= 11 is 0. The van der Waals surface area contributed by atoms with E-state index in [1.54, 1.807) is 7.11 Å². The van der Waals surface area contributed by atoms with Gasteiger partial charge in [-0.05, 0) is 18.9 Å². The summed E-state index contributed by atoms with van der Waals surface area (Å²) in [5.41, 5.74) is -1.94. The second-order valence-corrected chi connectivity index (χ2v) is 12.3. The molecule has 7 aliphatic rings. The number of methoxy groups -OCH3 is 3. The van der Waals surface area contributed by atoms with E-state index in [0.29, 0.717) is 5.92 Å². The summed E-state index contributed by atoms with van der Waals surface area (Å²) in [6.07, 6.45) is 5.79. The number of likely N-dealkylation sites (tertiary alicyclic amines) is 1. The molecule has 4 saturated carbocycles. The Bertz CT molecular complexity index is 973. The number of likely N-dealkylation sites (N-methyl/N-ethyl adjacent to an activating group) is 1. The van der Waals surface area contributed by atoms with E-state index in [0.717, 1.165) is 25.9 Å². The number of esters is 1. The van der Waals surface area contributed by atoms with Crippen molar-refractivity contribution in [1.29, 1.82) is 0 Å². The number of carbonyl (C=O) groups excluding carboxylic acids is 1. The molecule has 0 aromatic carbocycles. The van der Waals surface area contributed by atoms with Crippen LogP contribution in [-0.2, 0) is 33.2 Å². The highest BCUT2D eigenvalue weighted by Gasteiger charge is 2.93. The lowest BCUT2D eigenvalue weighted by molar-refractivity contribution is -0.269. The van der Waals surface area contributed by atoms with Gasteiger partial charge in [0.2, 0.25) is 0 Å². The first-order valence-electron chi connectivity index (χ1n) is 13.3. The summed E-state index contributed by atoms with van der Waals surface area (Å²) in [6.45, 7) is 8.07. The molecule has 35 heavy (non-hydrogen) atoms. The molecular formula is C27H39NO7. The van der Waals surface area contributed by atoms with Crippen molar-refractivity contribution in [1.82, 2.24) is 4.90 Å². The number of nitrogens with zero attached hydrogens (tertiary/aromatic N) is 1. The molecule has 7 bridgehead atoms. The fourth-order valence-electron chi connectivity index (χ4n) is 11.2. The summed E-state index contributed by atoms with van der Waals surface area (Å²) < 4.78 is 39.0. The minimum atomic E-state index is -0.816. The maximum Gasteiger partial charge on any atom is 0.303 e. The number of hydrogen-bond donors (Lipinski definition) is 0. The van der Waals surface area contributed by atoms with Gasteiger partial charge in [0.05, 0.1) is 24.4 Å². The van der Waals surface area contributed by atoms with Gasteiger partial charge in [0.25, 0.3) is 0 Å². The van der Waals surface area contributed by atoms with Crippen LogP contribution in [0.4, 0.5) is 0 Å². The third kappa shape index (κ3) is 2.20. The first-order valence-corrected chi connectivity index (χ1v) is 13.3. The minimum Gasteiger partial charge on any atom is -0.459 e. The van der Waals surface area contributed by atoms with Gasteiger partial charge in [0.15, 0.2) is 5.60 Å². The average Bonchev–Trinajstić information content (AvgIpc) is 3.41. The Kier molecular flexibility index (Phi) is 4.68. The van der Waals surface area contributed by atoms with E-state index in [1.165, 1.54) is 6.92 Å². The zero-order valence-electron chi connectivity index (χ0n) is 21.7. The van der Waals surface area contributed by atoms with E-state index in [2.05, 4.69) is 30.9 Å². The maximum atomic E-state index is 12.7. The molecule has 2 heterocycles. The first kappa shape index (κ1) is 23.1. The van der Waals surface area contributed by atoms with Gasteiger partial charge in [-0.3, -0.25) is 9.69 Å². The predicted octanol–water partition coefficient (Wildman–Crippen LogP) is 2.01. The number of carbonyl (C=O) groups is 1. The van der Waals surface area contributed by atoms with E-state index < -0.39 is 17.3 Å². The zero-order valence-corrected chi connectivity index (χ0v) is 21.7. The predicted molar refractivity (Wildman–Crippen MR) is 124 cm³/mol. The quantitative estimate of drug-likeness (QED) is 0.429. The van der Waals surface area contributed by atoms with Gasteiger partial charge in [-0.15, -0.1) is 0 Å². The van der Waals surface area contributed by atoms with E-state index in [9.17, 15) is 4.79 Å². The van der Waals surface area contributed by atoms with Crippen LogP contribution in [0.2, 0.25) is 0 Å². The van der Waals surface area contributed by atoms with E-state index >= 15 is 0 Å². The zero-order chi connectivity index (χ0) is 24.5. The molecule has 0 aromatic heterocycles. The van der Waals surface area contributed by atoms with Crippen LogP contribution in [0.15, 0.2) is 12.2 Å². The highest BCUT2D eigenvalue weighted by Crippen LogP contribution is 2.82. The lowest BCUT2D eigenvalue weighted by Crippen LogP contribution is -2.80. The second-order valence-electron chi connectivity index (χ2n) is 12.3.